The third-order valence-corrected chi connectivity index (χ3v) is 6.91. The van der Waals surface area contributed by atoms with Gasteiger partial charge in [0.15, 0.2) is 0 Å². The average Bonchev–Trinajstić information content (AvgIpc) is 3.48. The summed E-state index contributed by atoms with van der Waals surface area (Å²) in [5, 5.41) is 3.81. The third-order valence-electron chi connectivity index (χ3n) is 6.91. The number of piperazine rings is 1. The van der Waals surface area contributed by atoms with Crippen molar-refractivity contribution in [1.29, 1.82) is 0 Å². The summed E-state index contributed by atoms with van der Waals surface area (Å²) in [5.74, 6) is 0.504. The molecule has 6 nitrogen and oxygen atoms in total. The summed E-state index contributed by atoms with van der Waals surface area (Å²) in [6, 6.07) is 17.9. The summed E-state index contributed by atoms with van der Waals surface area (Å²) in [6.07, 6.45) is 5.13. The molecule has 0 bridgehead atoms. The lowest BCUT2D eigenvalue weighted by Crippen LogP contribution is -2.48. The number of fused-ring (bicyclic) bond motifs is 1. The monoisotopic (exact) mass is 445 g/mol. The van der Waals surface area contributed by atoms with E-state index in [-0.39, 0.29) is 17.6 Å². The van der Waals surface area contributed by atoms with Crippen LogP contribution < -0.4 is 5.32 Å². The molecule has 172 valence electrons. The van der Waals surface area contributed by atoms with E-state index in [1.165, 1.54) is 18.4 Å². The number of carbonyl (C=O) groups is 2. The fraction of sp³-hybridized carbons (Fsp3) is 0.407. The molecule has 3 aromatic rings. The zero-order valence-electron chi connectivity index (χ0n) is 19.0. The smallest absolute Gasteiger partial charge is 0.291 e. The molecule has 1 saturated heterocycles. The third kappa shape index (κ3) is 4.96. The Hall–Kier alpha value is -3.12. The van der Waals surface area contributed by atoms with Crippen molar-refractivity contribution in [2.45, 2.75) is 38.6 Å². The van der Waals surface area contributed by atoms with E-state index in [0.29, 0.717) is 36.7 Å². The second kappa shape index (κ2) is 9.79. The minimum absolute atomic E-state index is 0.0322. The molecule has 1 aliphatic carbocycles. The standard InChI is InChI=1S/C27H31N3O3/c31-24(18-20-8-4-5-9-20)28-25-22-12-6-7-13-23(22)33-26(25)27(32)30-16-14-29(15-17-30)19-21-10-2-1-3-11-21/h1-3,6-7,10-13,20H,4-5,8-9,14-19H2,(H,28,31). The molecule has 0 radical (unpaired) electrons. The number of furan rings is 1. The molecule has 1 N–H and O–H groups in total. The maximum absolute atomic E-state index is 13.4. The Morgan fingerprint density at radius 1 is 0.909 bits per heavy atom. The van der Waals surface area contributed by atoms with Gasteiger partial charge in [-0.15, -0.1) is 0 Å². The number of benzene rings is 2. The Balaban J connectivity index is 1.29. The number of anilines is 1. The first-order valence-corrected chi connectivity index (χ1v) is 12.0. The Bertz CT molecular complexity index is 1110. The van der Waals surface area contributed by atoms with Crippen molar-refractivity contribution in [2.75, 3.05) is 31.5 Å². The molecular formula is C27H31N3O3. The number of hydrogen-bond donors (Lipinski definition) is 1. The average molecular weight is 446 g/mol. The molecule has 2 fully saturated rings. The quantitative estimate of drug-likeness (QED) is 0.586. The summed E-state index contributed by atoms with van der Waals surface area (Å²) in [5.41, 5.74) is 2.42. The van der Waals surface area contributed by atoms with Gasteiger partial charge in [-0.1, -0.05) is 55.3 Å². The van der Waals surface area contributed by atoms with E-state index in [9.17, 15) is 9.59 Å². The Labute approximate surface area is 194 Å². The summed E-state index contributed by atoms with van der Waals surface area (Å²) in [4.78, 5) is 30.4. The van der Waals surface area contributed by atoms with E-state index < -0.39 is 0 Å². The fourth-order valence-electron chi connectivity index (χ4n) is 5.08. The molecule has 2 aromatic carbocycles. The summed E-state index contributed by atoms with van der Waals surface area (Å²) < 4.78 is 5.99. The first-order chi connectivity index (χ1) is 16.2. The first-order valence-electron chi connectivity index (χ1n) is 12.0. The topological polar surface area (TPSA) is 65.8 Å². The highest BCUT2D eigenvalue weighted by atomic mass is 16.3. The van der Waals surface area contributed by atoms with Gasteiger partial charge < -0.3 is 14.6 Å². The molecule has 2 heterocycles. The van der Waals surface area contributed by atoms with E-state index in [1.54, 1.807) is 0 Å². The lowest BCUT2D eigenvalue weighted by atomic mass is 10.0. The molecule has 33 heavy (non-hydrogen) atoms. The predicted molar refractivity (Wildman–Crippen MR) is 129 cm³/mol. The lowest BCUT2D eigenvalue weighted by molar-refractivity contribution is -0.117. The highest BCUT2D eigenvalue weighted by Gasteiger charge is 2.29. The minimum Gasteiger partial charge on any atom is -0.449 e. The molecule has 6 heteroatoms. The van der Waals surface area contributed by atoms with Crippen LogP contribution in [0.25, 0.3) is 11.0 Å². The predicted octanol–water partition coefficient (Wildman–Crippen LogP) is 4.91. The van der Waals surface area contributed by atoms with Crippen molar-refractivity contribution < 1.29 is 14.0 Å². The molecule has 0 spiro atoms. The molecule has 5 rings (SSSR count). The van der Waals surface area contributed by atoms with Crippen molar-refractivity contribution in [3.05, 3.63) is 65.9 Å². The van der Waals surface area contributed by atoms with E-state index in [2.05, 4.69) is 34.5 Å². The number of nitrogens with zero attached hydrogens (tertiary/aromatic N) is 2. The van der Waals surface area contributed by atoms with Crippen LogP contribution >= 0.6 is 0 Å². The fourth-order valence-corrected chi connectivity index (χ4v) is 5.08. The lowest BCUT2D eigenvalue weighted by Gasteiger charge is -2.34. The van der Waals surface area contributed by atoms with Gasteiger partial charge in [-0.2, -0.15) is 0 Å². The molecule has 0 atom stereocenters. The van der Waals surface area contributed by atoms with Gasteiger partial charge in [-0.3, -0.25) is 14.5 Å². The van der Waals surface area contributed by atoms with Gasteiger partial charge in [0.25, 0.3) is 5.91 Å². The van der Waals surface area contributed by atoms with Gasteiger partial charge in [0.05, 0.1) is 0 Å². The van der Waals surface area contributed by atoms with Gasteiger partial charge in [-0.25, -0.2) is 0 Å². The highest BCUT2D eigenvalue weighted by molar-refractivity contribution is 6.10. The van der Waals surface area contributed by atoms with Gasteiger partial charge in [0.1, 0.15) is 11.3 Å². The van der Waals surface area contributed by atoms with E-state index in [1.807, 2.05) is 35.2 Å². The van der Waals surface area contributed by atoms with Crippen LogP contribution in [-0.2, 0) is 11.3 Å². The number of hydrogen-bond acceptors (Lipinski definition) is 4. The maximum atomic E-state index is 13.4. The van der Waals surface area contributed by atoms with Crippen LogP contribution in [0.4, 0.5) is 5.69 Å². The van der Waals surface area contributed by atoms with Crippen molar-refractivity contribution >= 4 is 28.5 Å². The van der Waals surface area contributed by atoms with Gasteiger partial charge >= 0.3 is 0 Å². The first kappa shape index (κ1) is 21.7. The molecule has 0 unspecified atom stereocenters. The van der Waals surface area contributed by atoms with Crippen LogP contribution in [0.5, 0.6) is 0 Å². The molecule has 2 aliphatic rings. The molecule has 2 amide bonds. The maximum Gasteiger partial charge on any atom is 0.291 e. The van der Waals surface area contributed by atoms with Crippen LogP contribution in [0, 0.1) is 5.92 Å². The van der Waals surface area contributed by atoms with Gasteiger partial charge in [0, 0.05) is 44.5 Å². The van der Waals surface area contributed by atoms with Crippen LogP contribution in [0.2, 0.25) is 0 Å². The van der Waals surface area contributed by atoms with Crippen LogP contribution in [0.1, 0.15) is 48.2 Å². The van der Waals surface area contributed by atoms with E-state index in [0.717, 1.165) is 37.9 Å². The SMILES string of the molecule is O=C(CC1CCCC1)Nc1c(C(=O)N2CCN(Cc3ccccc3)CC2)oc2ccccc12. The number of para-hydroxylation sites is 1. The Morgan fingerprint density at radius 3 is 2.36 bits per heavy atom. The molecule has 1 saturated carbocycles. The van der Waals surface area contributed by atoms with Crippen LogP contribution in [0.3, 0.4) is 0 Å². The van der Waals surface area contributed by atoms with Crippen molar-refractivity contribution in [2.24, 2.45) is 5.92 Å². The summed E-state index contributed by atoms with van der Waals surface area (Å²) in [7, 11) is 0. The number of rotatable bonds is 6. The van der Waals surface area contributed by atoms with Crippen molar-refractivity contribution in [3.8, 4) is 0 Å². The van der Waals surface area contributed by atoms with Crippen molar-refractivity contribution in [3.63, 3.8) is 0 Å². The number of amides is 2. The van der Waals surface area contributed by atoms with Crippen LogP contribution in [-0.4, -0.2) is 47.8 Å². The normalized spacial score (nSPS) is 17.5. The second-order valence-electron chi connectivity index (χ2n) is 9.26. The zero-order valence-corrected chi connectivity index (χ0v) is 19.0. The molecule has 1 aromatic heterocycles. The van der Waals surface area contributed by atoms with Crippen molar-refractivity contribution in [1.82, 2.24) is 9.80 Å². The summed E-state index contributed by atoms with van der Waals surface area (Å²) in [6.45, 7) is 3.78. The van der Waals surface area contributed by atoms with Gasteiger partial charge in [0.2, 0.25) is 11.7 Å². The Morgan fingerprint density at radius 2 is 1.61 bits per heavy atom. The molecular weight excluding hydrogens is 414 g/mol. The second-order valence-corrected chi connectivity index (χ2v) is 9.26. The minimum atomic E-state index is -0.151. The highest BCUT2D eigenvalue weighted by Crippen LogP contribution is 2.33. The molecule has 1 aliphatic heterocycles. The van der Waals surface area contributed by atoms with Gasteiger partial charge in [-0.05, 0) is 36.5 Å². The van der Waals surface area contributed by atoms with E-state index >= 15 is 0 Å². The number of nitrogens with one attached hydrogen (secondary N) is 1. The van der Waals surface area contributed by atoms with Crippen LogP contribution in [0.15, 0.2) is 59.0 Å². The summed E-state index contributed by atoms with van der Waals surface area (Å²) >= 11 is 0. The van der Waals surface area contributed by atoms with E-state index in [4.69, 9.17) is 4.42 Å². The zero-order chi connectivity index (χ0) is 22.6. The number of carbonyl (C=O) groups excluding carboxylic acids is 2. The Kier molecular flexibility index (Phi) is 6.44. The largest absolute Gasteiger partial charge is 0.449 e.